The highest BCUT2D eigenvalue weighted by atomic mass is 79.9. The van der Waals surface area contributed by atoms with Crippen molar-refractivity contribution in [3.05, 3.63) is 29.3 Å². The van der Waals surface area contributed by atoms with E-state index in [0.29, 0.717) is 18.1 Å². The normalized spacial score (nSPS) is 18.9. The number of hydrogen-bond donors (Lipinski definition) is 0. The van der Waals surface area contributed by atoms with Gasteiger partial charge in [-0.25, -0.2) is 8.42 Å². The fourth-order valence-corrected chi connectivity index (χ4v) is 4.58. The number of benzene rings is 1. The lowest BCUT2D eigenvalue weighted by molar-refractivity contribution is 0.305. The fraction of sp³-hybridized carbons (Fsp3) is 0.538. The third-order valence-corrected chi connectivity index (χ3v) is 5.87. The van der Waals surface area contributed by atoms with Crippen LogP contribution in [0.15, 0.2) is 29.2 Å². The zero-order valence-corrected chi connectivity index (χ0v) is 14.3. The van der Waals surface area contributed by atoms with E-state index in [-0.39, 0.29) is 4.90 Å². The predicted molar refractivity (Wildman–Crippen MR) is 85.1 cm³/mol. The summed E-state index contributed by atoms with van der Waals surface area (Å²) >= 11 is 9.31. The number of halogens is 2. The van der Waals surface area contributed by atoms with Crippen molar-refractivity contribution in [1.29, 1.82) is 0 Å². The number of rotatable bonds is 4. The first-order chi connectivity index (χ1) is 9.54. The van der Waals surface area contributed by atoms with Crippen molar-refractivity contribution in [1.82, 2.24) is 9.21 Å². The summed E-state index contributed by atoms with van der Waals surface area (Å²) in [7, 11) is -3.44. The van der Waals surface area contributed by atoms with Gasteiger partial charge in [0.05, 0.1) is 4.90 Å². The summed E-state index contributed by atoms with van der Waals surface area (Å²) in [6.07, 6.45) is 0.854. The number of sulfonamides is 1. The van der Waals surface area contributed by atoms with Crippen molar-refractivity contribution in [3.8, 4) is 0 Å². The SMILES string of the molecule is O=S(=O)(c1cccc(Cl)c1)N1CCCN(CCBr)CC1. The standard InChI is InChI=1S/C13H18BrClN2O2S/c14-5-8-16-6-2-7-17(10-9-16)20(18,19)13-4-1-3-12(15)11-13/h1,3-4,11H,2,5-10H2. The molecule has 20 heavy (non-hydrogen) atoms. The molecule has 2 rings (SSSR count). The summed E-state index contributed by atoms with van der Waals surface area (Å²) in [6, 6.07) is 6.46. The molecule has 0 aliphatic carbocycles. The van der Waals surface area contributed by atoms with Crippen LogP contribution in [-0.2, 0) is 10.0 Å². The molecule has 0 N–H and O–H groups in total. The predicted octanol–water partition coefficient (Wildman–Crippen LogP) is 2.43. The van der Waals surface area contributed by atoms with Crippen molar-refractivity contribution in [2.75, 3.05) is 38.1 Å². The van der Waals surface area contributed by atoms with Gasteiger partial charge < -0.3 is 4.90 Å². The average molecular weight is 382 g/mol. The Morgan fingerprint density at radius 1 is 1.20 bits per heavy atom. The van der Waals surface area contributed by atoms with Gasteiger partial charge in [0, 0.05) is 36.5 Å². The lowest BCUT2D eigenvalue weighted by Crippen LogP contribution is -2.35. The first-order valence-electron chi connectivity index (χ1n) is 6.58. The summed E-state index contributed by atoms with van der Waals surface area (Å²) in [6.45, 7) is 3.75. The number of hydrogen-bond acceptors (Lipinski definition) is 3. The van der Waals surface area contributed by atoms with Crippen LogP contribution < -0.4 is 0 Å². The van der Waals surface area contributed by atoms with Gasteiger partial charge in [0.15, 0.2) is 0 Å². The average Bonchev–Trinajstić information content (AvgIpc) is 2.65. The van der Waals surface area contributed by atoms with Crippen molar-refractivity contribution in [3.63, 3.8) is 0 Å². The first kappa shape index (κ1) is 16.2. The maximum atomic E-state index is 12.6. The van der Waals surface area contributed by atoms with Gasteiger partial charge in [0.1, 0.15) is 0 Å². The van der Waals surface area contributed by atoms with Crippen LogP contribution in [0.4, 0.5) is 0 Å². The van der Waals surface area contributed by atoms with Gasteiger partial charge >= 0.3 is 0 Å². The van der Waals surface area contributed by atoms with Gasteiger partial charge in [-0.2, -0.15) is 4.31 Å². The van der Waals surface area contributed by atoms with Crippen molar-refractivity contribution < 1.29 is 8.42 Å². The maximum absolute atomic E-state index is 12.6. The van der Waals surface area contributed by atoms with Crippen LogP contribution in [0.25, 0.3) is 0 Å². The third-order valence-electron chi connectivity index (χ3n) is 3.38. The Morgan fingerprint density at radius 2 is 2.00 bits per heavy atom. The monoisotopic (exact) mass is 380 g/mol. The van der Waals surface area contributed by atoms with Gasteiger partial charge in [-0.1, -0.05) is 33.6 Å². The zero-order chi connectivity index (χ0) is 14.6. The molecule has 0 saturated carbocycles. The Bertz CT molecular complexity index is 553. The quantitative estimate of drug-likeness (QED) is 0.752. The van der Waals surface area contributed by atoms with E-state index < -0.39 is 10.0 Å². The van der Waals surface area contributed by atoms with E-state index >= 15 is 0 Å². The largest absolute Gasteiger partial charge is 0.301 e. The number of nitrogens with zero attached hydrogens (tertiary/aromatic N) is 2. The molecule has 0 aromatic heterocycles. The van der Waals surface area contributed by atoms with E-state index in [1.807, 2.05) is 0 Å². The molecule has 4 nitrogen and oxygen atoms in total. The molecule has 1 aromatic carbocycles. The van der Waals surface area contributed by atoms with E-state index in [9.17, 15) is 8.42 Å². The summed E-state index contributed by atoms with van der Waals surface area (Å²) in [5.74, 6) is 0. The molecule has 7 heteroatoms. The molecule has 1 fully saturated rings. The highest BCUT2D eigenvalue weighted by Gasteiger charge is 2.26. The summed E-state index contributed by atoms with van der Waals surface area (Å²) < 4.78 is 26.8. The molecule has 1 aliphatic heterocycles. The van der Waals surface area contributed by atoms with Gasteiger partial charge in [0.2, 0.25) is 10.0 Å². The van der Waals surface area contributed by atoms with E-state index in [2.05, 4.69) is 20.8 Å². The highest BCUT2D eigenvalue weighted by molar-refractivity contribution is 9.09. The van der Waals surface area contributed by atoms with Crippen molar-refractivity contribution in [2.24, 2.45) is 0 Å². The van der Waals surface area contributed by atoms with Crippen LogP contribution in [0.5, 0.6) is 0 Å². The van der Waals surface area contributed by atoms with Gasteiger partial charge in [-0.05, 0) is 31.2 Å². The third kappa shape index (κ3) is 3.95. The second kappa shape index (κ2) is 7.22. The Morgan fingerprint density at radius 3 is 2.70 bits per heavy atom. The molecule has 0 bridgehead atoms. The van der Waals surface area contributed by atoms with Gasteiger partial charge in [0.25, 0.3) is 0 Å². The van der Waals surface area contributed by atoms with Crippen molar-refractivity contribution >= 4 is 37.6 Å². The molecule has 0 amide bonds. The summed E-state index contributed by atoms with van der Waals surface area (Å²) in [5.41, 5.74) is 0. The van der Waals surface area contributed by atoms with Crippen LogP contribution in [0, 0.1) is 0 Å². The molecular formula is C13H18BrClN2O2S. The molecule has 1 saturated heterocycles. The molecule has 0 radical (unpaired) electrons. The minimum absolute atomic E-state index is 0.277. The molecule has 0 unspecified atom stereocenters. The molecule has 0 spiro atoms. The minimum atomic E-state index is -3.44. The Labute approximate surface area is 133 Å². The van der Waals surface area contributed by atoms with Crippen LogP contribution >= 0.6 is 27.5 Å². The summed E-state index contributed by atoms with van der Waals surface area (Å²) in [5, 5.41) is 1.36. The Hall–Kier alpha value is -0.140. The van der Waals surface area contributed by atoms with Crippen LogP contribution in [0.1, 0.15) is 6.42 Å². The topological polar surface area (TPSA) is 40.6 Å². The van der Waals surface area contributed by atoms with Gasteiger partial charge in [-0.15, -0.1) is 0 Å². The smallest absolute Gasteiger partial charge is 0.243 e. The maximum Gasteiger partial charge on any atom is 0.243 e. The number of alkyl halides is 1. The molecular weight excluding hydrogens is 364 g/mol. The van der Waals surface area contributed by atoms with E-state index in [4.69, 9.17) is 11.6 Å². The van der Waals surface area contributed by atoms with Gasteiger partial charge in [-0.3, -0.25) is 0 Å². The lowest BCUT2D eigenvalue weighted by atomic mass is 10.4. The zero-order valence-electron chi connectivity index (χ0n) is 11.1. The van der Waals surface area contributed by atoms with Crippen LogP contribution in [0.3, 0.4) is 0 Å². The van der Waals surface area contributed by atoms with E-state index in [0.717, 1.165) is 31.4 Å². The molecule has 1 aliphatic rings. The second-order valence-electron chi connectivity index (χ2n) is 4.75. The van der Waals surface area contributed by atoms with Crippen LogP contribution in [0.2, 0.25) is 5.02 Å². The van der Waals surface area contributed by atoms with Crippen LogP contribution in [-0.4, -0.2) is 55.7 Å². The van der Waals surface area contributed by atoms with E-state index in [1.165, 1.54) is 6.07 Å². The molecule has 112 valence electrons. The molecule has 1 aromatic rings. The first-order valence-corrected chi connectivity index (χ1v) is 9.52. The van der Waals surface area contributed by atoms with E-state index in [1.54, 1.807) is 22.5 Å². The van der Waals surface area contributed by atoms with Crippen molar-refractivity contribution in [2.45, 2.75) is 11.3 Å². The Balaban J connectivity index is 2.14. The Kier molecular flexibility index (Phi) is 5.86. The molecule has 0 atom stereocenters. The molecule has 1 heterocycles. The second-order valence-corrected chi connectivity index (χ2v) is 7.91. The summed E-state index contributed by atoms with van der Waals surface area (Å²) in [4.78, 5) is 2.56. The highest BCUT2D eigenvalue weighted by Crippen LogP contribution is 2.20. The minimum Gasteiger partial charge on any atom is -0.301 e. The fourth-order valence-electron chi connectivity index (χ4n) is 2.31. The lowest BCUT2D eigenvalue weighted by Gasteiger charge is -2.21.